The monoisotopic (exact) mass is 211 g/mol. The third kappa shape index (κ3) is 5.44. The van der Waals surface area contributed by atoms with Crippen LogP contribution in [0.15, 0.2) is 0 Å². The van der Waals surface area contributed by atoms with Gasteiger partial charge in [0.1, 0.15) is 0 Å². The molecule has 0 heterocycles. The highest BCUT2D eigenvalue weighted by Gasteiger charge is 2.27. The van der Waals surface area contributed by atoms with Crippen molar-refractivity contribution in [2.75, 3.05) is 13.2 Å². The van der Waals surface area contributed by atoms with E-state index in [1.807, 2.05) is 0 Å². The van der Waals surface area contributed by atoms with Gasteiger partial charge in [0, 0.05) is 6.54 Å². The van der Waals surface area contributed by atoms with E-state index in [2.05, 4.69) is 10.3 Å². The molecule has 1 aliphatic carbocycles. The van der Waals surface area contributed by atoms with Crippen molar-refractivity contribution in [2.24, 2.45) is 5.92 Å². The molecule has 84 valence electrons. The molecule has 0 aromatic heterocycles. The van der Waals surface area contributed by atoms with Crippen LogP contribution < -0.4 is 5.48 Å². The van der Waals surface area contributed by atoms with Crippen molar-refractivity contribution >= 4 is 0 Å². The number of nitrogens with one attached hydrogen (secondary N) is 1. The molecule has 1 aliphatic rings. The van der Waals surface area contributed by atoms with E-state index in [-0.39, 0.29) is 0 Å². The fourth-order valence-corrected chi connectivity index (χ4v) is 1.70. The largest absolute Gasteiger partial charge is 0.413 e. The molecule has 0 saturated heterocycles. The average Bonchev–Trinajstić information content (AvgIpc) is 2.13. The first kappa shape index (κ1) is 11.8. The van der Waals surface area contributed by atoms with Crippen LogP contribution in [0, 0.1) is 5.92 Å². The second-order valence-corrected chi connectivity index (χ2v) is 3.76. The summed E-state index contributed by atoms with van der Waals surface area (Å²) in [6, 6.07) is 0. The standard InChI is InChI=1S/C9H16F3NO/c10-9(11,12)7-14-13-6-8-4-2-1-3-5-8/h8,13H,1-7H2. The molecular formula is C9H16F3NO. The summed E-state index contributed by atoms with van der Waals surface area (Å²) in [6.45, 7) is -0.671. The van der Waals surface area contributed by atoms with Crippen molar-refractivity contribution in [3.63, 3.8) is 0 Å². The predicted molar refractivity (Wildman–Crippen MR) is 46.6 cm³/mol. The summed E-state index contributed by atoms with van der Waals surface area (Å²) in [5.74, 6) is 0.483. The lowest BCUT2D eigenvalue weighted by Gasteiger charge is -2.21. The van der Waals surface area contributed by atoms with Gasteiger partial charge in [-0.3, -0.25) is 4.84 Å². The quantitative estimate of drug-likeness (QED) is 0.570. The second-order valence-electron chi connectivity index (χ2n) is 3.76. The van der Waals surface area contributed by atoms with Crippen LogP contribution in [0.5, 0.6) is 0 Å². The van der Waals surface area contributed by atoms with Gasteiger partial charge < -0.3 is 0 Å². The van der Waals surface area contributed by atoms with Gasteiger partial charge in [-0.15, -0.1) is 0 Å². The zero-order valence-electron chi connectivity index (χ0n) is 8.07. The Morgan fingerprint density at radius 2 is 1.79 bits per heavy atom. The maximum absolute atomic E-state index is 11.7. The number of halogens is 3. The van der Waals surface area contributed by atoms with Gasteiger partial charge in [0.15, 0.2) is 6.61 Å². The van der Waals surface area contributed by atoms with Crippen LogP contribution in [0.4, 0.5) is 13.2 Å². The molecule has 2 nitrogen and oxygen atoms in total. The van der Waals surface area contributed by atoms with Gasteiger partial charge in [-0.25, -0.2) is 5.48 Å². The Balaban J connectivity index is 1.97. The van der Waals surface area contributed by atoms with E-state index in [1.165, 1.54) is 19.3 Å². The Hall–Kier alpha value is -0.290. The van der Waals surface area contributed by atoms with Gasteiger partial charge in [0.25, 0.3) is 0 Å². The topological polar surface area (TPSA) is 21.3 Å². The first-order valence-electron chi connectivity index (χ1n) is 4.99. The molecule has 1 N–H and O–H groups in total. The summed E-state index contributed by atoms with van der Waals surface area (Å²) in [5, 5.41) is 0. The number of hydrogen-bond acceptors (Lipinski definition) is 2. The molecule has 5 heteroatoms. The minimum absolute atomic E-state index is 0.483. The number of alkyl halides is 3. The second kappa shape index (κ2) is 5.56. The van der Waals surface area contributed by atoms with E-state index < -0.39 is 12.8 Å². The molecule has 0 unspecified atom stereocenters. The van der Waals surface area contributed by atoms with Crippen molar-refractivity contribution < 1.29 is 18.0 Å². The van der Waals surface area contributed by atoms with Crippen LogP contribution in [-0.2, 0) is 4.84 Å². The maximum atomic E-state index is 11.7. The van der Waals surface area contributed by atoms with E-state index in [1.54, 1.807) is 0 Å². The molecule has 1 fully saturated rings. The fraction of sp³-hybridized carbons (Fsp3) is 1.00. The Morgan fingerprint density at radius 3 is 2.36 bits per heavy atom. The molecule has 14 heavy (non-hydrogen) atoms. The van der Waals surface area contributed by atoms with Crippen LogP contribution in [0.2, 0.25) is 0 Å². The summed E-state index contributed by atoms with van der Waals surface area (Å²) >= 11 is 0. The summed E-state index contributed by atoms with van der Waals surface area (Å²) in [4.78, 5) is 4.33. The summed E-state index contributed by atoms with van der Waals surface area (Å²) in [7, 11) is 0. The van der Waals surface area contributed by atoms with Gasteiger partial charge in [-0.05, 0) is 18.8 Å². The minimum Gasteiger partial charge on any atom is -0.292 e. The van der Waals surface area contributed by atoms with Crippen molar-refractivity contribution in [1.29, 1.82) is 0 Å². The molecule has 0 spiro atoms. The Morgan fingerprint density at radius 1 is 1.14 bits per heavy atom. The third-order valence-corrected chi connectivity index (χ3v) is 2.43. The van der Waals surface area contributed by atoms with Crippen LogP contribution in [-0.4, -0.2) is 19.3 Å². The van der Waals surface area contributed by atoms with Gasteiger partial charge in [-0.1, -0.05) is 19.3 Å². The lowest BCUT2D eigenvalue weighted by molar-refractivity contribution is -0.190. The summed E-state index contributed by atoms with van der Waals surface area (Å²) in [6.07, 6.45) is 1.58. The highest BCUT2D eigenvalue weighted by molar-refractivity contribution is 4.66. The Bertz CT molecular complexity index is 155. The Kier molecular flexibility index (Phi) is 4.68. The van der Waals surface area contributed by atoms with E-state index in [4.69, 9.17) is 0 Å². The molecule has 0 bridgehead atoms. The first-order chi connectivity index (χ1) is 6.58. The minimum atomic E-state index is -4.24. The molecule has 0 aromatic carbocycles. The lowest BCUT2D eigenvalue weighted by Crippen LogP contribution is -2.29. The van der Waals surface area contributed by atoms with E-state index in [0.29, 0.717) is 12.5 Å². The predicted octanol–water partition coefficient (Wildman–Crippen LogP) is 2.65. The highest BCUT2D eigenvalue weighted by Crippen LogP contribution is 2.22. The molecule has 0 aromatic rings. The van der Waals surface area contributed by atoms with Gasteiger partial charge in [-0.2, -0.15) is 13.2 Å². The highest BCUT2D eigenvalue weighted by atomic mass is 19.4. The molecule has 0 amide bonds. The number of rotatable bonds is 4. The van der Waals surface area contributed by atoms with Crippen molar-refractivity contribution in [2.45, 2.75) is 38.3 Å². The van der Waals surface area contributed by atoms with Crippen molar-refractivity contribution in [3.8, 4) is 0 Å². The van der Waals surface area contributed by atoms with Crippen LogP contribution in [0.25, 0.3) is 0 Å². The van der Waals surface area contributed by atoms with Crippen LogP contribution in [0.1, 0.15) is 32.1 Å². The zero-order valence-corrected chi connectivity index (χ0v) is 8.07. The molecular weight excluding hydrogens is 195 g/mol. The number of hydrogen-bond donors (Lipinski definition) is 1. The molecule has 0 atom stereocenters. The maximum Gasteiger partial charge on any atom is 0.413 e. The average molecular weight is 211 g/mol. The van der Waals surface area contributed by atoms with Gasteiger partial charge >= 0.3 is 6.18 Å². The fourth-order valence-electron chi connectivity index (χ4n) is 1.70. The normalized spacial score (nSPS) is 19.9. The third-order valence-electron chi connectivity index (χ3n) is 2.43. The first-order valence-corrected chi connectivity index (χ1v) is 4.99. The van der Waals surface area contributed by atoms with Gasteiger partial charge in [0.2, 0.25) is 0 Å². The zero-order chi connectivity index (χ0) is 10.4. The molecule has 1 saturated carbocycles. The SMILES string of the molecule is FC(F)(F)CONCC1CCCCC1. The molecule has 0 aliphatic heterocycles. The van der Waals surface area contributed by atoms with Crippen LogP contribution >= 0.6 is 0 Å². The van der Waals surface area contributed by atoms with E-state index >= 15 is 0 Å². The van der Waals surface area contributed by atoms with E-state index in [9.17, 15) is 13.2 Å². The number of hydroxylamine groups is 1. The van der Waals surface area contributed by atoms with Crippen molar-refractivity contribution in [3.05, 3.63) is 0 Å². The smallest absolute Gasteiger partial charge is 0.292 e. The van der Waals surface area contributed by atoms with Crippen LogP contribution in [0.3, 0.4) is 0 Å². The molecule has 1 rings (SSSR count). The summed E-state index contributed by atoms with van der Waals surface area (Å²) in [5.41, 5.74) is 2.39. The molecule has 0 radical (unpaired) electrons. The Labute approximate surface area is 81.8 Å². The summed E-state index contributed by atoms with van der Waals surface area (Å²) < 4.78 is 35.0. The lowest BCUT2D eigenvalue weighted by atomic mass is 9.89. The van der Waals surface area contributed by atoms with Crippen molar-refractivity contribution in [1.82, 2.24) is 5.48 Å². The van der Waals surface area contributed by atoms with E-state index in [0.717, 1.165) is 12.8 Å². The van der Waals surface area contributed by atoms with Gasteiger partial charge in [0.05, 0.1) is 0 Å².